The Hall–Kier alpha value is -2.27. The summed E-state index contributed by atoms with van der Waals surface area (Å²) in [7, 11) is 0. The van der Waals surface area contributed by atoms with Gasteiger partial charge in [0.05, 0.1) is 12.8 Å². The Labute approximate surface area is 124 Å². The standard InChI is InChI=1S/C16H20N2O3/c1-11-6-7-13(9-12(11)2)18-15(19)17-10-16(3,20)14-5-4-8-21-14/h4-9,20H,10H2,1-3H3,(H2,17,18,19)/t16-/m1/s1. The van der Waals surface area contributed by atoms with E-state index in [1.54, 1.807) is 19.1 Å². The highest BCUT2D eigenvalue weighted by Gasteiger charge is 2.26. The molecule has 0 aliphatic rings. The molecule has 5 heteroatoms. The molecule has 3 N–H and O–H groups in total. The molecule has 0 aliphatic carbocycles. The van der Waals surface area contributed by atoms with Gasteiger partial charge in [0.1, 0.15) is 11.4 Å². The smallest absolute Gasteiger partial charge is 0.319 e. The Balaban J connectivity index is 1.91. The highest BCUT2D eigenvalue weighted by molar-refractivity contribution is 5.89. The maximum Gasteiger partial charge on any atom is 0.319 e. The van der Waals surface area contributed by atoms with Gasteiger partial charge in [-0.15, -0.1) is 0 Å². The summed E-state index contributed by atoms with van der Waals surface area (Å²) in [4.78, 5) is 11.9. The number of furan rings is 1. The number of carbonyl (C=O) groups excluding carboxylic acids is 1. The second-order valence-electron chi connectivity index (χ2n) is 5.36. The van der Waals surface area contributed by atoms with Gasteiger partial charge in [-0.1, -0.05) is 6.07 Å². The molecule has 112 valence electrons. The van der Waals surface area contributed by atoms with Crippen LogP contribution >= 0.6 is 0 Å². The van der Waals surface area contributed by atoms with Crippen molar-refractivity contribution in [3.63, 3.8) is 0 Å². The fraction of sp³-hybridized carbons (Fsp3) is 0.312. The van der Waals surface area contributed by atoms with Crippen LogP contribution < -0.4 is 10.6 Å². The predicted molar refractivity (Wildman–Crippen MR) is 81.2 cm³/mol. The van der Waals surface area contributed by atoms with Gasteiger partial charge in [0.25, 0.3) is 0 Å². The van der Waals surface area contributed by atoms with Crippen molar-refractivity contribution in [2.45, 2.75) is 26.4 Å². The average Bonchev–Trinajstić information content (AvgIpc) is 2.96. The van der Waals surface area contributed by atoms with Crippen LogP contribution in [0, 0.1) is 13.8 Å². The van der Waals surface area contributed by atoms with Crippen LogP contribution in [0.15, 0.2) is 41.0 Å². The Morgan fingerprint density at radius 3 is 2.67 bits per heavy atom. The van der Waals surface area contributed by atoms with Crippen LogP contribution in [0.2, 0.25) is 0 Å². The molecule has 0 fully saturated rings. The van der Waals surface area contributed by atoms with E-state index in [9.17, 15) is 9.90 Å². The highest BCUT2D eigenvalue weighted by atomic mass is 16.4. The number of benzene rings is 1. The van der Waals surface area contributed by atoms with E-state index in [1.165, 1.54) is 11.8 Å². The summed E-state index contributed by atoms with van der Waals surface area (Å²) in [5, 5.41) is 15.6. The number of hydrogen-bond acceptors (Lipinski definition) is 3. The number of aliphatic hydroxyl groups is 1. The van der Waals surface area contributed by atoms with Crippen molar-refractivity contribution in [3.8, 4) is 0 Å². The fourth-order valence-electron chi connectivity index (χ4n) is 1.92. The van der Waals surface area contributed by atoms with Crippen LogP contribution in [0.1, 0.15) is 23.8 Å². The van der Waals surface area contributed by atoms with Crippen molar-refractivity contribution in [3.05, 3.63) is 53.5 Å². The number of nitrogens with one attached hydrogen (secondary N) is 2. The van der Waals surface area contributed by atoms with Gasteiger partial charge in [0.15, 0.2) is 0 Å². The van der Waals surface area contributed by atoms with Crippen LogP contribution in [-0.2, 0) is 5.60 Å². The fourth-order valence-corrected chi connectivity index (χ4v) is 1.92. The summed E-state index contributed by atoms with van der Waals surface area (Å²) >= 11 is 0. The number of anilines is 1. The monoisotopic (exact) mass is 288 g/mol. The van der Waals surface area contributed by atoms with E-state index < -0.39 is 5.60 Å². The maximum absolute atomic E-state index is 11.9. The van der Waals surface area contributed by atoms with Gasteiger partial charge in [0, 0.05) is 5.69 Å². The SMILES string of the molecule is Cc1ccc(NC(=O)NC[C@@](C)(O)c2ccco2)cc1C. The predicted octanol–water partition coefficient (Wildman–Crippen LogP) is 2.93. The van der Waals surface area contributed by atoms with Gasteiger partial charge >= 0.3 is 6.03 Å². The Morgan fingerprint density at radius 1 is 1.29 bits per heavy atom. The molecular formula is C16H20N2O3. The molecule has 1 aromatic carbocycles. The van der Waals surface area contributed by atoms with Crippen molar-refractivity contribution < 1.29 is 14.3 Å². The zero-order valence-electron chi connectivity index (χ0n) is 12.4. The highest BCUT2D eigenvalue weighted by Crippen LogP contribution is 2.20. The lowest BCUT2D eigenvalue weighted by Crippen LogP contribution is -2.40. The van der Waals surface area contributed by atoms with Gasteiger partial charge < -0.3 is 20.2 Å². The molecular weight excluding hydrogens is 268 g/mol. The molecule has 0 saturated heterocycles. The first-order valence-corrected chi connectivity index (χ1v) is 6.77. The summed E-state index contributed by atoms with van der Waals surface area (Å²) in [5.74, 6) is 0.411. The molecule has 0 bridgehead atoms. The molecule has 21 heavy (non-hydrogen) atoms. The molecule has 1 heterocycles. The zero-order valence-corrected chi connectivity index (χ0v) is 12.4. The molecule has 0 spiro atoms. The second-order valence-corrected chi connectivity index (χ2v) is 5.36. The molecule has 0 unspecified atom stereocenters. The van der Waals surface area contributed by atoms with E-state index >= 15 is 0 Å². The third-order valence-corrected chi connectivity index (χ3v) is 3.41. The number of urea groups is 1. The summed E-state index contributed by atoms with van der Waals surface area (Å²) in [6.45, 7) is 5.64. The van der Waals surface area contributed by atoms with Crippen molar-refractivity contribution in [1.82, 2.24) is 5.32 Å². The zero-order chi connectivity index (χ0) is 15.5. The third kappa shape index (κ3) is 3.86. The van der Waals surface area contributed by atoms with Crippen LogP contribution in [-0.4, -0.2) is 17.7 Å². The molecule has 2 amide bonds. The lowest BCUT2D eigenvalue weighted by molar-refractivity contribution is 0.0372. The quantitative estimate of drug-likeness (QED) is 0.809. The summed E-state index contributed by atoms with van der Waals surface area (Å²) in [6.07, 6.45) is 1.49. The first-order valence-electron chi connectivity index (χ1n) is 6.77. The van der Waals surface area contributed by atoms with E-state index in [-0.39, 0.29) is 12.6 Å². The average molecular weight is 288 g/mol. The van der Waals surface area contributed by atoms with Crippen molar-refractivity contribution >= 4 is 11.7 Å². The van der Waals surface area contributed by atoms with Gasteiger partial charge in [0.2, 0.25) is 0 Å². The number of carbonyl (C=O) groups is 1. The Kier molecular flexibility index (Phi) is 4.33. The number of hydrogen-bond donors (Lipinski definition) is 3. The lowest BCUT2D eigenvalue weighted by Gasteiger charge is -2.21. The molecule has 5 nitrogen and oxygen atoms in total. The second kappa shape index (κ2) is 6.01. The van der Waals surface area contributed by atoms with E-state index in [1.807, 2.05) is 32.0 Å². The van der Waals surface area contributed by atoms with Crippen molar-refractivity contribution in [1.29, 1.82) is 0 Å². The summed E-state index contributed by atoms with van der Waals surface area (Å²) in [5.41, 5.74) is 1.75. The van der Waals surface area contributed by atoms with E-state index in [2.05, 4.69) is 10.6 Å². The van der Waals surface area contributed by atoms with E-state index in [0.717, 1.165) is 5.56 Å². The van der Waals surface area contributed by atoms with E-state index in [4.69, 9.17) is 4.42 Å². The molecule has 0 saturated carbocycles. The first-order chi connectivity index (χ1) is 9.88. The number of aryl methyl sites for hydroxylation is 2. The number of amides is 2. The number of rotatable bonds is 4. The van der Waals surface area contributed by atoms with Crippen molar-refractivity contribution in [2.75, 3.05) is 11.9 Å². The molecule has 0 aliphatic heterocycles. The summed E-state index contributed by atoms with van der Waals surface area (Å²) < 4.78 is 5.16. The topological polar surface area (TPSA) is 74.5 Å². The maximum atomic E-state index is 11.9. The molecule has 1 aromatic heterocycles. The van der Waals surface area contributed by atoms with Crippen LogP contribution in [0.4, 0.5) is 10.5 Å². The van der Waals surface area contributed by atoms with Crippen LogP contribution in [0.5, 0.6) is 0 Å². The van der Waals surface area contributed by atoms with Gasteiger partial charge in [-0.05, 0) is 56.2 Å². The molecule has 2 rings (SSSR count). The largest absolute Gasteiger partial charge is 0.466 e. The Morgan fingerprint density at radius 2 is 2.05 bits per heavy atom. The van der Waals surface area contributed by atoms with Crippen molar-refractivity contribution in [2.24, 2.45) is 0 Å². The minimum Gasteiger partial charge on any atom is -0.466 e. The van der Waals surface area contributed by atoms with Gasteiger partial charge in [-0.3, -0.25) is 0 Å². The van der Waals surface area contributed by atoms with Crippen LogP contribution in [0.25, 0.3) is 0 Å². The first kappa shape index (κ1) is 15.1. The van der Waals surface area contributed by atoms with Gasteiger partial charge in [-0.25, -0.2) is 4.79 Å². The van der Waals surface area contributed by atoms with E-state index in [0.29, 0.717) is 11.4 Å². The molecule has 2 aromatic rings. The lowest BCUT2D eigenvalue weighted by atomic mass is 10.0. The normalized spacial score (nSPS) is 13.5. The minimum absolute atomic E-state index is 0.0528. The third-order valence-electron chi connectivity index (χ3n) is 3.41. The molecule has 0 radical (unpaired) electrons. The minimum atomic E-state index is -1.25. The molecule has 1 atom stereocenters. The summed E-state index contributed by atoms with van der Waals surface area (Å²) in [6, 6.07) is 8.68. The van der Waals surface area contributed by atoms with Crippen LogP contribution in [0.3, 0.4) is 0 Å². The Bertz CT molecular complexity index is 618. The van der Waals surface area contributed by atoms with Gasteiger partial charge in [-0.2, -0.15) is 0 Å².